The van der Waals surface area contributed by atoms with E-state index >= 15 is 0 Å². The number of methoxy groups -OCH3 is 1. The van der Waals surface area contributed by atoms with E-state index in [1.54, 1.807) is 20.1 Å². The molecule has 0 radical (unpaired) electrons. The first kappa shape index (κ1) is 8.71. The largest absolute Gasteiger partial charge is 0.481 e. The van der Waals surface area contributed by atoms with Gasteiger partial charge in [-0.05, 0) is 19.4 Å². The summed E-state index contributed by atoms with van der Waals surface area (Å²) in [4.78, 5) is 14.6. The SMILES string of the molecule is COc1cc(C)c(C=O)c(C)n1. The van der Waals surface area contributed by atoms with E-state index in [-0.39, 0.29) is 0 Å². The molecule has 0 fully saturated rings. The fraction of sp³-hybridized carbons (Fsp3) is 0.333. The van der Waals surface area contributed by atoms with Crippen molar-refractivity contribution in [3.8, 4) is 5.88 Å². The van der Waals surface area contributed by atoms with Crippen LogP contribution in [0.25, 0.3) is 0 Å². The van der Waals surface area contributed by atoms with Gasteiger partial charge in [-0.25, -0.2) is 4.98 Å². The lowest BCUT2D eigenvalue weighted by Gasteiger charge is -2.05. The molecular formula is C9H11NO2. The highest BCUT2D eigenvalue weighted by Gasteiger charge is 2.04. The smallest absolute Gasteiger partial charge is 0.213 e. The van der Waals surface area contributed by atoms with Gasteiger partial charge >= 0.3 is 0 Å². The number of ether oxygens (including phenoxy) is 1. The number of hydrogen-bond donors (Lipinski definition) is 0. The number of carbonyl (C=O) groups excluding carboxylic acids is 1. The maximum absolute atomic E-state index is 10.6. The van der Waals surface area contributed by atoms with E-state index in [0.717, 1.165) is 11.8 Å². The molecule has 0 N–H and O–H groups in total. The van der Waals surface area contributed by atoms with Gasteiger partial charge in [0, 0.05) is 11.6 Å². The molecule has 0 saturated heterocycles. The summed E-state index contributed by atoms with van der Waals surface area (Å²) in [6.07, 6.45) is 0.817. The van der Waals surface area contributed by atoms with Crippen LogP contribution in [0, 0.1) is 13.8 Å². The number of aryl methyl sites for hydroxylation is 2. The number of rotatable bonds is 2. The second-order valence-corrected chi connectivity index (χ2v) is 2.60. The highest BCUT2D eigenvalue weighted by atomic mass is 16.5. The molecule has 1 aromatic heterocycles. The monoisotopic (exact) mass is 165 g/mol. The minimum atomic E-state index is 0.551. The highest BCUT2D eigenvalue weighted by Crippen LogP contribution is 2.15. The van der Waals surface area contributed by atoms with Gasteiger partial charge in [-0.2, -0.15) is 0 Å². The molecule has 0 aromatic carbocycles. The maximum Gasteiger partial charge on any atom is 0.213 e. The van der Waals surface area contributed by atoms with Gasteiger partial charge < -0.3 is 4.74 Å². The molecule has 0 aliphatic rings. The molecule has 12 heavy (non-hydrogen) atoms. The van der Waals surface area contributed by atoms with E-state index in [1.807, 2.05) is 6.92 Å². The Morgan fingerprint density at radius 3 is 2.58 bits per heavy atom. The third kappa shape index (κ3) is 1.44. The van der Waals surface area contributed by atoms with Gasteiger partial charge in [-0.15, -0.1) is 0 Å². The van der Waals surface area contributed by atoms with Crippen LogP contribution in [-0.4, -0.2) is 18.4 Å². The van der Waals surface area contributed by atoms with Crippen molar-refractivity contribution >= 4 is 6.29 Å². The zero-order valence-corrected chi connectivity index (χ0v) is 7.42. The van der Waals surface area contributed by atoms with E-state index in [1.165, 1.54) is 0 Å². The summed E-state index contributed by atoms with van der Waals surface area (Å²) >= 11 is 0. The number of pyridine rings is 1. The summed E-state index contributed by atoms with van der Waals surface area (Å²) in [6, 6.07) is 1.75. The van der Waals surface area contributed by atoms with Gasteiger partial charge in [0.05, 0.1) is 12.8 Å². The van der Waals surface area contributed by atoms with Gasteiger partial charge in [0.25, 0.3) is 0 Å². The molecule has 0 amide bonds. The molecule has 3 heteroatoms. The molecule has 64 valence electrons. The molecule has 0 atom stereocenters. The number of hydrogen-bond acceptors (Lipinski definition) is 3. The fourth-order valence-corrected chi connectivity index (χ4v) is 1.09. The number of aldehydes is 1. The van der Waals surface area contributed by atoms with Crippen molar-refractivity contribution in [2.45, 2.75) is 13.8 Å². The van der Waals surface area contributed by atoms with E-state index in [4.69, 9.17) is 4.74 Å². The van der Waals surface area contributed by atoms with E-state index in [9.17, 15) is 4.79 Å². The molecule has 1 rings (SSSR count). The first-order chi connectivity index (χ1) is 5.69. The van der Waals surface area contributed by atoms with Crippen molar-refractivity contribution in [1.82, 2.24) is 4.98 Å². The van der Waals surface area contributed by atoms with Crippen molar-refractivity contribution in [3.63, 3.8) is 0 Å². The van der Waals surface area contributed by atoms with Crippen molar-refractivity contribution in [3.05, 3.63) is 22.9 Å². The lowest BCUT2D eigenvalue weighted by atomic mass is 10.1. The molecule has 0 bridgehead atoms. The Morgan fingerprint density at radius 1 is 1.50 bits per heavy atom. The van der Waals surface area contributed by atoms with Gasteiger partial charge in [0.15, 0.2) is 6.29 Å². The van der Waals surface area contributed by atoms with Crippen LogP contribution in [-0.2, 0) is 0 Å². The van der Waals surface area contributed by atoms with Crippen LogP contribution in [0.1, 0.15) is 21.6 Å². The fourth-order valence-electron chi connectivity index (χ4n) is 1.09. The summed E-state index contributed by atoms with van der Waals surface area (Å²) in [5.41, 5.74) is 2.26. The molecular weight excluding hydrogens is 154 g/mol. The zero-order chi connectivity index (χ0) is 9.14. The van der Waals surface area contributed by atoms with Crippen LogP contribution in [0.4, 0.5) is 0 Å². The van der Waals surface area contributed by atoms with Crippen molar-refractivity contribution in [2.24, 2.45) is 0 Å². The van der Waals surface area contributed by atoms with Crippen LogP contribution in [0.3, 0.4) is 0 Å². The number of carbonyl (C=O) groups is 1. The first-order valence-electron chi connectivity index (χ1n) is 3.66. The van der Waals surface area contributed by atoms with Crippen LogP contribution >= 0.6 is 0 Å². The normalized spacial score (nSPS) is 9.58. The lowest BCUT2D eigenvalue weighted by Crippen LogP contribution is -1.97. The Balaban J connectivity index is 3.27. The third-order valence-corrected chi connectivity index (χ3v) is 1.76. The quantitative estimate of drug-likeness (QED) is 0.624. The summed E-state index contributed by atoms with van der Waals surface area (Å²) in [7, 11) is 1.56. The van der Waals surface area contributed by atoms with Gasteiger partial charge in [0.1, 0.15) is 0 Å². The molecule has 3 nitrogen and oxygen atoms in total. The Kier molecular flexibility index (Phi) is 2.43. The molecule has 0 unspecified atom stereocenters. The number of nitrogens with zero attached hydrogens (tertiary/aromatic N) is 1. The Hall–Kier alpha value is -1.38. The van der Waals surface area contributed by atoms with Crippen LogP contribution in [0.2, 0.25) is 0 Å². The van der Waals surface area contributed by atoms with E-state index in [2.05, 4.69) is 4.98 Å². The van der Waals surface area contributed by atoms with Gasteiger partial charge in [-0.1, -0.05) is 0 Å². The Bertz CT molecular complexity index is 284. The Morgan fingerprint density at radius 2 is 2.17 bits per heavy atom. The molecule has 0 aliphatic carbocycles. The number of aromatic nitrogens is 1. The lowest BCUT2D eigenvalue weighted by molar-refractivity contribution is 0.112. The average Bonchev–Trinajstić information content (AvgIpc) is 2.03. The molecule has 1 aromatic rings. The van der Waals surface area contributed by atoms with Crippen molar-refractivity contribution in [1.29, 1.82) is 0 Å². The third-order valence-electron chi connectivity index (χ3n) is 1.76. The maximum atomic E-state index is 10.6. The Labute approximate surface area is 71.4 Å². The van der Waals surface area contributed by atoms with Crippen molar-refractivity contribution in [2.75, 3.05) is 7.11 Å². The minimum absolute atomic E-state index is 0.551. The second kappa shape index (κ2) is 3.34. The second-order valence-electron chi connectivity index (χ2n) is 2.60. The van der Waals surface area contributed by atoms with Gasteiger partial charge in [0.2, 0.25) is 5.88 Å². The van der Waals surface area contributed by atoms with Crippen LogP contribution < -0.4 is 4.74 Å². The summed E-state index contributed by atoms with van der Waals surface area (Å²) < 4.78 is 4.95. The summed E-state index contributed by atoms with van der Waals surface area (Å²) in [5.74, 6) is 0.551. The van der Waals surface area contributed by atoms with E-state index in [0.29, 0.717) is 17.1 Å². The first-order valence-corrected chi connectivity index (χ1v) is 3.66. The standard InChI is InChI=1S/C9H11NO2/c1-6-4-9(12-3)10-7(2)8(6)5-11/h4-5H,1-3H3. The molecule has 0 saturated carbocycles. The zero-order valence-electron chi connectivity index (χ0n) is 7.42. The average molecular weight is 165 g/mol. The van der Waals surface area contributed by atoms with Gasteiger partial charge in [-0.3, -0.25) is 4.79 Å². The topological polar surface area (TPSA) is 39.2 Å². The minimum Gasteiger partial charge on any atom is -0.481 e. The predicted octanol–water partition coefficient (Wildman–Crippen LogP) is 1.52. The molecule has 1 heterocycles. The van der Waals surface area contributed by atoms with E-state index < -0.39 is 0 Å². The summed E-state index contributed by atoms with van der Waals surface area (Å²) in [5, 5.41) is 0. The predicted molar refractivity (Wildman–Crippen MR) is 45.7 cm³/mol. The van der Waals surface area contributed by atoms with Crippen LogP contribution in [0.15, 0.2) is 6.07 Å². The van der Waals surface area contributed by atoms with Crippen LogP contribution in [0.5, 0.6) is 5.88 Å². The highest BCUT2D eigenvalue weighted by molar-refractivity contribution is 5.78. The van der Waals surface area contributed by atoms with Crippen molar-refractivity contribution < 1.29 is 9.53 Å². The molecule has 0 spiro atoms. The molecule has 0 aliphatic heterocycles. The summed E-state index contributed by atoms with van der Waals surface area (Å²) in [6.45, 7) is 3.65.